The van der Waals surface area contributed by atoms with Crippen LogP contribution in [0.5, 0.6) is 5.75 Å². The Labute approximate surface area is 320 Å². The highest BCUT2D eigenvalue weighted by Gasteiger charge is 2.52. The first-order valence-corrected chi connectivity index (χ1v) is 17.8. The van der Waals surface area contributed by atoms with Gasteiger partial charge < -0.3 is 49.1 Å². The van der Waals surface area contributed by atoms with Gasteiger partial charge in [0.2, 0.25) is 11.7 Å². The van der Waals surface area contributed by atoms with Crippen LogP contribution in [0.4, 0.5) is 28.6 Å². The van der Waals surface area contributed by atoms with Crippen molar-refractivity contribution >= 4 is 58.4 Å². The second-order valence-electron chi connectivity index (χ2n) is 13.6. The number of rotatable bonds is 16. The maximum absolute atomic E-state index is 12.2. The number of nitrogens with one attached hydrogen (secondary N) is 1. The largest absolute Gasteiger partial charge is 0.494 e. The van der Waals surface area contributed by atoms with Gasteiger partial charge in [-0.15, -0.1) is 15.3 Å². The van der Waals surface area contributed by atoms with Crippen LogP contribution in [-0.2, 0) is 64.4 Å². The lowest BCUT2D eigenvalue weighted by molar-refractivity contribution is -0.308. The van der Waals surface area contributed by atoms with E-state index in [0.717, 1.165) is 26.5 Å². The molecule has 1 aliphatic rings. The summed E-state index contributed by atoms with van der Waals surface area (Å²) in [6.07, 6.45) is -6.66. The summed E-state index contributed by atoms with van der Waals surface area (Å²) in [6, 6.07) is 3.44. The number of benzene rings is 1. The third-order valence-electron chi connectivity index (χ3n) is 8.18. The van der Waals surface area contributed by atoms with Gasteiger partial charge in [-0.3, -0.25) is 28.7 Å². The molecule has 1 saturated heterocycles. The number of carbonyl (C=O) groups is 5. The van der Waals surface area contributed by atoms with Crippen molar-refractivity contribution in [3.05, 3.63) is 17.8 Å². The van der Waals surface area contributed by atoms with E-state index in [1.165, 1.54) is 13.8 Å². The molecule has 1 aromatic heterocycles. The summed E-state index contributed by atoms with van der Waals surface area (Å²) in [6.45, 7) is 16.8. The second-order valence-corrected chi connectivity index (χ2v) is 13.6. The van der Waals surface area contributed by atoms with Crippen LogP contribution in [0.1, 0.15) is 74.9 Å². The highest BCUT2D eigenvalue weighted by atomic mass is 16.7. The van der Waals surface area contributed by atoms with Crippen molar-refractivity contribution in [2.45, 2.75) is 112 Å². The molecular weight excluding hydrogens is 722 g/mol. The monoisotopic (exact) mass is 775 g/mol. The predicted octanol–water partition coefficient (Wildman–Crippen LogP) is 4.09. The number of hydrogen-bond donors (Lipinski definition) is 2. The summed E-state index contributed by atoms with van der Waals surface area (Å²) in [5.74, 6) is -2.60. The van der Waals surface area contributed by atoms with Crippen molar-refractivity contribution in [1.29, 1.82) is 0 Å². The lowest BCUT2D eigenvalue weighted by Gasteiger charge is -2.44. The predicted molar refractivity (Wildman–Crippen MR) is 198 cm³/mol. The minimum Gasteiger partial charge on any atom is -0.494 e. The van der Waals surface area contributed by atoms with E-state index in [2.05, 4.69) is 25.5 Å². The van der Waals surface area contributed by atoms with E-state index in [9.17, 15) is 24.0 Å². The third-order valence-corrected chi connectivity index (χ3v) is 8.18. The van der Waals surface area contributed by atoms with Crippen molar-refractivity contribution < 1.29 is 57.1 Å². The van der Waals surface area contributed by atoms with Gasteiger partial charge in [0, 0.05) is 59.2 Å². The van der Waals surface area contributed by atoms with E-state index in [1.54, 1.807) is 23.9 Å². The van der Waals surface area contributed by atoms with E-state index in [0.29, 0.717) is 35.9 Å². The summed E-state index contributed by atoms with van der Waals surface area (Å²) in [5.41, 5.74) is 8.41. The number of nitrogens with two attached hydrogens (primary N) is 1. The summed E-state index contributed by atoms with van der Waals surface area (Å²) < 4.78 is 40.9. The molecule has 0 saturated carbocycles. The van der Waals surface area contributed by atoms with Crippen molar-refractivity contribution in [1.82, 2.24) is 9.78 Å². The summed E-state index contributed by atoms with van der Waals surface area (Å²) in [7, 11) is 1.54. The fourth-order valence-electron chi connectivity index (χ4n) is 6.07. The minimum absolute atomic E-state index is 0.0721. The molecule has 1 aromatic carbocycles. The average molecular weight is 776 g/mol. The number of nitrogen functional groups attached to an aromatic ring is 1. The molecule has 55 heavy (non-hydrogen) atoms. The number of carbonyl (C=O) groups excluding carboxylic acids is 5. The third kappa shape index (κ3) is 11.8. The van der Waals surface area contributed by atoms with Gasteiger partial charge in [0.25, 0.3) is 0 Å². The van der Waals surface area contributed by atoms with Gasteiger partial charge in [-0.25, -0.2) is 0 Å². The number of methoxy groups -OCH3 is 1. The zero-order chi connectivity index (χ0) is 41.2. The first kappa shape index (κ1) is 44.1. The SMILES string of the molecule is CCN(CC)c1cc(NC(C)=O)c(N=Nc2nn(CCOC3O[C@H](COC(C)=O)C(OC(C)=O)[C@H](OC(C)=O)C3OC(C)=O)c(C(C)(C)C)c2N)cc1OC. The molecule has 1 aliphatic heterocycles. The quantitative estimate of drug-likeness (QED) is 0.139. The van der Waals surface area contributed by atoms with Gasteiger partial charge in [0.15, 0.2) is 24.6 Å². The molecule has 0 bridgehead atoms. The molecule has 5 atom stereocenters. The van der Waals surface area contributed by atoms with E-state index in [-0.39, 0.29) is 30.6 Å². The molecule has 304 valence electrons. The van der Waals surface area contributed by atoms with E-state index in [1.807, 2.05) is 34.6 Å². The molecule has 19 heteroatoms. The van der Waals surface area contributed by atoms with Gasteiger partial charge in [0.1, 0.15) is 29.8 Å². The van der Waals surface area contributed by atoms with E-state index >= 15 is 0 Å². The number of ether oxygens (including phenoxy) is 7. The standard InChI is InChI=1S/C36H53N7O12/c1-12-42(13-2)26-16-24(38-19(3)44)25(17-27(26)49-11)39-40-34-29(37)33(36(8,9)10)43(41-34)14-15-50-35-32(54-23(7)48)31(53-22(6)47)30(52-21(5)46)28(55-35)18-51-20(4)45/h16-17,28,30-32,35H,12-15,18,37H2,1-11H3,(H,38,44)/t28-,30?,31+,32?,35?/m1/s1. The van der Waals surface area contributed by atoms with Gasteiger partial charge >= 0.3 is 23.9 Å². The molecule has 1 fully saturated rings. The van der Waals surface area contributed by atoms with Crippen LogP contribution in [0, 0.1) is 0 Å². The Morgan fingerprint density at radius 1 is 0.909 bits per heavy atom. The Hall–Kier alpha value is -5.30. The van der Waals surface area contributed by atoms with Crippen LogP contribution in [0.3, 0.4) is 0 Å². The van der Waals surface area contributed by atoms with Crippen molar-refractivity contribution in [3.63, 3.8) is 0 Å². The molecule has 3 N–H and O–H groups in total. The van der Waals surface area contributed by atoms with Crippen LogP contribution < -0.4 is 20.7 Å². The van der Waals surface area contributed by atoms with E-state index < -0.39 is 66.6 Å². The van der Waals surface area contributed by atoms with Crippen molar-refractivity contribution in [2.24, 2.45) is 10.2 Å². The Morgan fingerprint density at radius 3 is 2.04 bits per heavy atom. The molecule has 19 nitrogen and oxygen atoms in total. The van der Waals surface area contributed by atoms with Crippen LogP contribution in [0.25, 0.3) is 0 Å². The van der Waals surface area contributed by atoms with Crippen LogP contribution in [0.2, 0.25) is 0 Å². The summed E-state index contributed by atoms with van der Waals surface area (Å²) in [5, 5.41) is 16.2. The molecule has 2 aromatic rings. The number of esters is 4. The molecule has 1 amide bonds. The summed E-state index contributed by atoms with van der Waals surface area (Å²) >= 11 is 0. The fraction of sp³-hybridized carbons (Fsp3) is 0.611. The number of nitrogens with zero attached hydrogens (tertiary/aromatic N) is 5. The smallest absolute Gasteiger partial charge is 0.303 e. The zero-order valence-electron chi connectivity index (χ0n) is 33.3. The summed E-state index contributed by atoms with van der Waals surface area (Å²) in [4.78, 5) is 62.4. The maximum atomic E-state index is 12.2. The normalized spacial score (nSPS) is 19.7. The Morgan fingerprint density at radius 2 is 1.51 bits per heavy atom. The second kappa shape index (κ2) is 19.3. The lowest BCUT2D eigenvalue weighted by Crippen LogP contribution is -2.63. The number of hydrogen-bond acceptors (Lipinski definition) is 17. The topological polar surface area (TPSA) is 234 Å². The molecule has 0 aliphatic carbocycles. The first-order chi connectivity index (χ1) is 25.8. The first-order valence-electron chi connectivity index (χ1n) is 17.8. The molecule has 0 radical (unpaired) electrons. The highest BCUT2D eigenvalue weighted by Crippen LogP contribution is 2.41. The van der Waals surface area contributed by atoms with Crippen LogP contribution in [-0.4, -0.2) is 104 Å². The van der Waals surface area contributed by atoms with Crippen LogP contribution >= 0.6 is 0 Å². The van der Waals surface area contributed by atoms with Crippen molar-refractivity contribution in [3.8, 4) is 5.75 Å². The number of anilines is 3. The fourth-order valence-corrected chi connectivity index (χ4v) is 6.07. The number of amides is 1. The lowest BCUT2D eigenvalue weighted by atomic mass is 9.91. The zero-order valence-corrected chi connectivity index (χ0v) is 33.3. The number of azo groups is 1. The van der Waals surface area contributed by atoms with Crippen LogP contribution in [0.15, 0.2) is 22.4 Å². The van der Waals surface area contributed by atoms with Gasteiger partial charge in [-0.05, 0) is 19.9 Å². The molecular formula is C36H53N7O12. The van der Waals surface area contributed by atoms with Gasteiger partial charge in [-0.1, -0.05) is 20.8 Å². The average Bonchev–Trinajstić information content (AvgIpc) is 3.40. The highest BCUT2D eigenvalue weighted by molar-refractivity contribution is 5.94. The Bertz CT molecular complexity index is 1730. The van der Waals surface area contributed by atoms with Crippen molar-refractivity contribution in [2.75, 3.05) is 49.4 Å². The molecule has 3 rings (SSSR count). The molecule has 0 spiro atoms. The van der Waals surface area contributed by atoms with Gasteiger partial charge in [-0.2, -0.15) is 0 Å². The Balaban J connectivity index is 1.99. The molecule has 2 heterocycles. The Kier molecular flexibility index (Phi) is 15.5. The van der Waals surface area contributed by atoms with Gasteiger partial charge in [0.05, 0.1) is 37.3 Å². The maximum Gasteiger partial charge on any atom is 0.303 e. The van der Waals surface area contributed by atoms with E-state index in [4.69, 9.17) is 38.9 Å². The minimum atomic E-state index is -1.39. The molecule has 3 unspecified atom stereocenters. The number of aromatic nitrogens is 2.